The molecule has 5 heteroatoms. The van der Waals surface area contributed by atoms with Gasteiger partial charge in [0.2, 0.25) is 0 Å². The first-order chi connectivity index (χ1) is 12.6. The second-order valence-electron chi connectivity index (χ2n) is 7.07. The van der Waals surface area contributed by atoms with E-state index in [9.17, 15) is 4.79 Å². The van der Waals surface area contributed by atoms with E-state index in [0.717, 1.165) is 36.5 Å². The van der Waals surface area contributed by atoms with Crippen LogP contribution in [0.2, 0.25) is 0 Å². The second kappa shape index (κ2) is 6.83. The summed E-state index contributed by atoms with van der Waals surface area (Å²) in [5.41, 5.74) is 2.77. The number of hydrogen-bond donors (Lipinski definition) is 0. The average Bonchev–Trinajstić information content (AvgIpc) is 3.31. The fourth-order valence-electron chi connectivity index (χ4n) is 3.72. The van der Waals surface area contributed by atoms with E-state index in [4.69, 9.17) is 0 Å². The van der Waals surface area contributed by atoms with Crippen molar-refractivity contribution in [3.05, 3.63) is 66.1 Å². The van der Waals surface area contributed by atoms with Gasteiger partial charge in [0.05, 0.1) is 11.9 Å². The van der Waals surface area contributed by atoms with E-state index in [0.29, 0.717) is 5.56 Å². The molecule has 0 N–H and O–H groups in total. The third-order valence-electron chi connectivity index (χ3n) is 5.13. The van der Waals surface area contributed by atoms with Crippen LogP contribution >= 0.6 is 0 Å². The third kappa shape index (κ3) is 2.94. The summed E-state index contributed by atoms with van der Waals surface area (Å²) in [7, 11) is 0. The van der Waals surface area contributed by atoms with Crippen LogP contribution in [-0.2, 0) is 0 Å². The molecule has 1 amide bonds. The average molecular weight is 348 g/mol. The van der Waals surface area contributed by atoms with Gasteiger partial charge >= 0.3 is 0 Å². The predicted molar refractivity (Wildman–Crippen MR) is 102 cm³/mol. The van der Waals surface area contributed by atoms with Crippen molar-refractivity contribution in [2.75, 3.05) is 6.54 Å². The molecule has 1 aliphatic heterocycles. The van der Waals surface area contributed by atoms with Crippen molar-refractivity contribution in [1.82, 2.24) is 19.2 Å². The summed E-state index contributed by atoms with van der Waals surface area (Å²) in [4.78, 5) is 15.3. The lowest BCUT2D eigenvalue weighted by Crippen LogP contribution is -2.42. The largest absolute Gasteiger partial charge is 0.336 e. The predicted octanol–water partition coefficient (Wildman–Crippen LogP) is 3.99. The Labute approximate surface area is 153 Å². The summed E-state index contributed by atoms with van der Waals surface area (Å²) in [6.45, 7) is 5.02. The molecule has 2 aromatic heterocycles. The van der Waals surface area contributed by atoms with Gasteiger partial charge in [-0.3, -0.25) is 4.79 Å². The molecule has 0 spiro atoms. The molecule has 0 aliphatic carbocycles. The minimum absolute atomic E-state index is 0.0693. The van der Waals surface area contributed by atoms with Gasteiger partial charge in [0, 0.05) is 25.0 Å². The van der Waals surface area contributed by atoms with Crippen molar-refractivity contribution in [3.8, 4) is 11.5 Å². The van der Waals surface area contributed by atoms with Crippen molar-refractivity contribution in [3.63, 3.8) is 0 Å². The van der Waals surface area contributed by atoms with Gasteiger partial charge in [-0.25, -0.2) is 4.68 Å². The standard InChI is InChI=1S/C21H24N4O/c1-16-8-7-10-18(14-16)25-20(23-11-5-6-12-23)19(15-22-25)21(26)24-13-4-3-9-17(24)2/h5-8,10-12,14-15,17H,3-4,9,13H2,1-2H3/t17-/m0/s1. The number of aryl methyl sites for hydroxylation is 1. The topological polar surface area (TPSA) is 43.1 Å². The maximum absolute atomic E-state index is 13.3. The Morgan fingerprint density at radius 1 is 1.15 bits per heavy atom. The molecule has 4 rings (SSSR count). The fourth-order valence-corrected chi connectivity index (χ4v) is 3.72. The van der Waals surface area contributed by atoms with E-state index in [1.54, 1.807) is 6.20 Å². The highest BCUT2D eigenvalue weighted by molar-refractivity contribution is 5.97. The van der Waals surface area contributed by atoms with Crippen molar-refractivity contribution in [2.24, 2.45) is 0 Å². The van der Waals surface area contributed by atoms with Crippen molar-refractivity contribution in [1.29, 1.82) is 0 Å². The number of likely N-dealkylation sites (tertiary alicyclic amines) is 1. The van der Waals surface area contributed by atoms with Crippen LogP contribution in [0, 0.1) is 6.92 Å². The van der Waals surface area contributed by atoms with Crippen LogP contribution in [0.15, 0.2) is 55.0 Å². The monoisotopic (exact) mass is 348 g/mol. The number of piperidine rings is 1. The highest BCUT2D eigenvalue weighted by atomic mass is 16.2. The van der Waals surface area contributed by atoms with Gasteiger partial charge in [-0.15, -0.1) is 0 Å². The molecule has 0 unspecified atom stereocenters. The third-order valence-corrected chi connectivity index (χ3v) is 5.13. The molecular weight excluding hydrogens is 324 g/mol. The zero-order valence-corrected chi connectivity index (χ0v) is 15.3. The van der Waals surface area contributed by atoms with E-state index in [2.05, 4.69) is 31.1 Å². The molecule has 26 heavy (non-hydrogen) atoms. The number of carbonyl (C=O) groups excluding carboxylic acids is 1. The van der Waals surface area contributed by atoms with Crippen LogP contribution in [0.3, 0.4) is 0 Å². The van der Waals surface area contributed by atoms with Crippen LogP contribution < -0.4 is 0 Å². The normalized spacial score (nSPS) is 17.5. The molecule has 1 saturated heterocycles. The van der Waals surface area contributed by atoms with E-state index in [1.165, 1.54) is 6.42 Å². The Bertz CT molecular complexity index is 910. The Balaban J connectivity index is 1.82. The molecule has 1 aliphatic rings. The smallest absolute Gasteiger partial charge is 0.259 e. The van der Waals surface area contributed by atoms with Crippen LogP contribution in [-0.4, -0.2) is 37.7 Å². The van der Waals surface area contributed by atoms with Crippen LogP contribution in [0.4, 0.5) is 0 Å². The molecular formula is C21H24N4O. The molecule has 3 aromatic rings. The number of nitrogens with zero attached hydrogens (tertiary/aromatic N) is 4. The maximum atomic E-state index is 13.3. The molecule has 0 bridgehead atoms. The van der Waals surface area contributed by atoms with E-state index < -0.39 is 0 Å². The summed E-state index contributed by atoms with van der Waals surface area (Å²) in [5, 5.41) is 4.57. The maximum Gasteiger partial charge on any atom is 0.259 e. The van der Waals surface area contributed by atoms with E-state index >= 15 is 0 Å². The Kier molecular flexibility index (Phi) is 4.37. The highest BCUT2D eigenvalue weighted by Gasteiger charge is 2.28. The Morgan fingerprint density at radius 2 is 1.96 bits per heavy atom. The van der Waals surface area contributed by atoms with Gasteiger partial charge in [0.25, 0.3) is 5.91 Å². The molecule has 134 valence electrons. The zero-order chi connectivity index (χ0) is 18.1. The zero-order valence-electron chi connectivity index (χ0n) is 15.3. The van der Waals surface area contributed by atoms with Crippen molar-refractivity contribution < 1.29 is 4.79 Å². The number of benzene rings is 1. The number of amides is 1. The van der Waals surface area contributed by atoms with Gasteiger partial charge < -0.3 is 9.47 Å². The second-order valence-corrected chi connectivity index (χ2v) is 7.07. The minimum atomic E-state index is 0.0693. The highest BCUT2D eigenvalue weighted by Crippen LogP contribution is 2.25. The Hall–Kier alpha value is -2.82. The minimum Gasteiger partial charge on any atom is -0.336 e. The summed E-state index contributed by atoms with van der Waals surface area (Å²) in [5.74, 6) is 0.864. The summed E-state index contributed by atoms with van der Waals surface area (Å²) in [6.07, 6.45) is 8.95. The first kappa shape index (κ1) is 16.6. The lowest BCUT2D eigenvalue weighted by atomic mass is 10.0. The molecule has 1 atom stereocenters. The van der Waals surface area contributed by atoms with Gasteiger partial charge in [-0.05, 0) is 62.9 Å². The van der Waals surface area contributed by atoms with E-state index in [-0.39, 0.29) is 11.9 Å². The lowest BCUT2D eigenvalue weighted by molar-refractivity contribution is 0.0635. The number of aromatic nitrogens is 3. The van der Waals surface area contributed by atoms with Crippen LogP contribution in [0.25, 0.3) is 11.5 Å². The SMILES string of the molecule is Cc1cccc(-n2ncc(C(=O)N3CCCC[C@@H]3C)c2-n2cccc2)c1. The lowest BCUT2D eigenvalue weighted by Gasteiger charge is -2.33. The van der Waals surface area contributed by atoms with E-state index in [1.807, 2.05) is 50.8 Å². The summed E-state index contributed by atoms with van der Waals surface area (Å²) in [6, 6.07) is 12.4. The summed E-state index contributed by atoms with van der Waals surface area (Å²) >= 11 is 0. The van der Waals surface area contributed by atoms with Crippen LogP contribution in [0.5, 0.6) is 0 Å². The number of rotatable bonds is 3. The van der Waals surface area contributed by atoms with Gasteiger partial charge in [0.1, 0.15) is 5.56 Å². The first-order valence-corrected chi connectivity index (χ1v) is 9.24. The molecule has 5 nitrogen and oxygen atoms in total. The molecule has 1 aromatic carbocycles. The Morgan fingerprint density at radius 3 is 2.69 bits per heavy atom. The quantitative estimate of drug-likeness (QED) is 0.718. The number of hydrogen-bond acceptors (Lipinski definition) is 2. The number of carbonyl (C=O) groups is 1. The van der Waals surface area contributed by atoms with Crippen molar-refractivity contribution >= 4 is 5.91 Å². The van der Waals surface area contributed by atoms with Gasteiger partial charge in [-0.2, -0.15) is 5.10 Å². The molecule has 0 radical (unpaired) electrons. The van der Waals surface area contributed by atoms with Gasteiger partial charge in [-0.1, -0.05) is 12.1 Å². The molecule has 3 heterocycles. The summed E-state index contributed by atoms with van der Waals surface area (Å²) < 4.78 is 3.83. The fraction of sp³-hybridized carbons (Fsp3) is 0.333. The van der Waals surface area contributed by atoms with Crippen molar-refractivity contribution in [2.45, 2.75) is 39.2 Å². The van der Waals surface area contributed by atoms with Crippen LogP contribution in [0.1, 0.15) is 42.1 Å². The van der Waals surface area contributed by atoms with Gasteiger partial charge in [0.15, 0.2) is 5.82 Å². The molecule has 0 saturated carbocycles. The molecule has 1 fully saturated rings. The first-order valence-electron chi connectivity index (χ1n) is 9.24.